The molecule has 0 spiro atoms. The van der Waals surface area contributed by atoms with Gasteiger partial charge in [0.1, 0.15) is 16.6 Å². The molecular weight excluding hydrogens is 782 g/mol. The van der Waals surface area contributed by atoms with E-state index in [9.17, 15) is 38.9 Å². The number of rotatable bonds is 14. The zero-order chi connectivity index (χ0) is 38.2. The summed E-state index contributed by atoms with van der Waals surface area (Å²) in [7, 11) is 0. The number of hydrogen-bond acceptors (Lipinski definition) is 16. The number of amides is 2. The molecule has 3 aromatic rings. The number of carboxylic acids is 1. The molecule has 6 N–H and O–H groups in total. The van der Waals surface area contributed by atoms with E-state index < -0.39 is 63.1 Å². The van der Waals surface area contributed by atoms with Gasteiger partial charge in [0, 0.05) is 30.6 Å². The zero-order valence-electron chi connectivity index (χ0n) is 29.3. The van der Waals surface area contributed by atoms with Crippen LogP contribution in [0.3, 0.4) is 0 Å². The number of phenols is 2. The van der Waals surface area contributed by atoms with Gasteiger partial charge in [-0.1, -0.05) is 28.1 Å². The van der Waals surface area contributed by atoms with E-state index in [1.807, 2.05) is 0 Å². The molecule has 2 amide bonds. The summed E-state index contributed by atoms with van der Waals surface area (Å²) < 4.78 is 15.0. The Morgan fingerprint density at radius 2 is 2.00 bits per heavy atom. The number of halogens is 2. The van der Waals surface area contributed by atoms with Gasteiger partial charge >= 0.3 is 29.6 Å². The van der Waals surface area contributed by atoms with Crippen LogP contribution in [0.5, 0.6) is 11.5 Å². The maximum atomic E-state index is 14.4. The van der Waals surface area contributed by atoms with Gasteiger partial charge in [-0.2, -0.15) is 5.21 Å². The number of aromatic nitrogens is 5. The van der Waals surface area contributed by atoms with Gasteiger partial charge in [-0.25, -0.2) is 9.37 Å². The summed E-state index contributed by atoms with van der Waals surface area (Å²) in [6.07, 6.45) is 1.51. The SMILES string of the molecule is CC(C)(O/N=C(\C(=O)C[C@@H]1C(=O)N2C(c3nn[nH]n3)=C(C[N+]3(CCNC(=O)c4ccc(O)c(O)c4F)CCCC3)CS[C@H]12)c1nc(N)sc1Cl)C(=O)[O-].[Na+]. The molecule has 0 saturated carbocycles. The number of benzene rings is 1. The van der Waals surface area contributed by atoms with Crippen LogP contribution in [0, 0.1) is 11.7 Å². The van der Waals surface area contributed by atoms with Gasteiger partial charge in [-0.3, -0.25) is 19.3 Å². The molecule has 2 saturated heterocycles. The van der Waals surface area contributed by atoms with Gasteiger partial charge in [0.2, 0.25) is 11.7 Å². The fraction of sp³-hybridized carbons (Fsp3) is 0.452. The number of tetrazole rings is 1. The van der Waals surface area contributed by atoms with E-state index >= 15 is 0 Å². The van der Waals surface area contributed by atoms with Crippen LogP contribution in [-0.2, 0) is 19.2 Å². The van der Waals surface area contributed by atoms with E-state index in [1.54, 1.807) is 4.90 Å². The number of β-lactam (4-membered cyclic amide) rings is 1. The number of carbonyl (C=O) groups excluding carboxylic acids is 4. The average Bonchev–Trinajstić information content (AvgIpc) is 3.88. The number of ketones is 1. The summed E-state index contributed by atoms with van der Waals surface area (Å²) in [5, 5.41) is 51.3. The smallest absolute Gasteiger partial charge is 0.546 e. The second-order valence-corrected chi connectivity index (χ2v) is 16.0. The van der Waals surface area contributed by atoms with Crippen molar-refractivity contribution in [1.29, 1.82) is 0 Å². The molecule has 23 heteroatoms. The number of aromatic amines is 1. The van der Waals surface area contributed by atoms with Crippen LogP contribution >= 0.6 is 34.7 Å². The molecule has 18 nitrogen and oxygen atoms in total. The number of carboxylic acid groups (broad SMARTS) is 1. The minimum absolute atomic E-state index is 0. The van der Waals surface area contributed by atoms with Crippen LogP contribution in [0.2, 0.25) is 4.34 Å². The molecular formula is C31H34ClFN10NaO8S2+. The topological polar surface area (TPSA) is 262 Å². The molecule has 1 aromatic carbocycles. The van der Waals surface area contributed by atoms with Crippen molar-refractivity contribution in [2.24, 2.45) is 11.1 Å². The number of thiazole rings is 1. The zero-order valence-corrected chi connectivity index (χ0v) is 33.7. The fourth-order valence-electron chi connectivity index (χ4n) is 6.50. The molecule has 3 aliphatic heterocycles. The second kappa shape index (κ2) is 16.5. The molecule has 0 radical (unpaired) electrons. The minimum Gasteiger partial charge on any atom is -0.546 e. The van der Waals surface area contributed by atoms with Crippen LogP contribution in [0.15, 0.2) is 22.9 Å². The van der Waals surface area contributed by atoms with E-state index in [-0.39, 0.29) is 69.4 Å². The molecule has 2 atom stereocenters. The molecule has 282 valence electrons. The minimum atomic E-state index is -1.90. The number of oxime groups is 1. The van der Waals surface area contributed by atoms with E-state index in [2.05, 4.69) is 36.1 Å². The van der Waals surface area contributed by atoms with Gasteiger partial charge in [0.25, 0.3) is 5.91 Å². The number of hydrogen-bond donors (Lipinski definition) is 5. The Morgan fingerprint density at radius 1 is 1.28 bits per heavy atom. The number of carbonyl (C=O) groups is 4. The molecule has 5 heterocycles. The molecule has 54 heavy (non-hydrogen) atoms. The van der Waals surface area contributed by atoms with Crippen molar-refractivity contribution in [2.45, 2.75) is 44.1 Å². The number of Topliss-reactive ketones (excluding diaryl/α,β-unsaturated/α-hetero) is 1. The van der Waals surface area contributed by atoms with Crippen molar-refractivity contribution in [3.05, 3.63) is 44.9 Å². The molecule has 0 aliphatic carbocycles. The Bertz CT molecular complexity index is 2030. The number of nitrogens with zero attached hydrogens (tertiary/aromatic N) is 7. The summed E-state index contributed by atoms with van der Waals surface area (Å²) in [6.45, 7) is 5.06. The summed E-state index contributed by atoms with van der Waals surface area (Å²) in [5.74, 6) is -6.44. The molecule has 0 unspecified atom stereocenters. The van der Waals surface area contributed by atoms with Crippen LogP contribution < -0.4 is 45.7 Å². The number of nitrogens with one attached hydrogen (secondary N) is 2. The number of anilines is 1. The number of nitrogens with two attached hydrogens (primary N) is 1. The predicted octanol–water partition coefficient (Wildman–Crippen LogP) is -2.36. The first-order valence-electron chi connectivity index (χ1n) is 16.3. The van der Waals surface area contributed by atoms with Gasteiger partial charge in [0.05, 0.1) is 54.7 Å². The Labute approximate surface area is 342 Å². The van der Waals surface area contributed by atoms with E-state index in [0.29, 0.717) is 29.0 Å². The summed E-state index contributed by atoms with van der Waals surface area (Å²) in [4.78, 5) is 62.7. The number of H-pyrrole nitrogens is 1. The standard InChI is InChI=1S/C31H34ClFN10O8S2.Na/c1-31(2,29(49)50)51-39-20(21-24(32)53-30(34)36-21)18(45)11-16-27(48)42-22(25-37-40-41-38-25)14(13-52-28(16)42)12-43(8-3-4-9-43)10-7-35-26(47)15-5-6-17(44)23(46)19(15)33;/h5-6,16,28H,3-4,7-13H2,1-2H3,(H6-,34,35,36,37,38,39,40,41,44,45,46,47,49,50);/q;+1/t16-,28-;/m1./s1. The monoisotopic (exact) mass is 815 g/mol. The van der Waals surface area contributed by atoms with Crippen molar-refractivity contribution in [3.8, 4) is 11.5 Å². The first-order valence-corrected chi connectivity index (χ1v) is 18.5. The van der Waals surface area contributed by atoms with Gasteiger partial charge < -0.3 is 40.5 Å². The van der Waals surface area contributed by atoms with Crippen molar-refractivity contribution in [1.82, 2.24) is 35.8 Å². The normalized spacial score (nSPS) is 19.5. The molecule has 3 aliphatic rings. The van der Waals surface area contributed by atoms with Crippen LogP contribution in [-0.4, -0.2) is 124 Å². The van der Waals surface area contributed by atoms with E-state index in [0.717, 1.165) is 55.0 Å². The third-order valence-corrected chi connectivity index (χ3v) is 11.8. The Hall–Kier alpha value is -3.86. The number of aliphatic carboxylic acids is 1. The number of likely N-dealkylation sites (tertiary alicyclic amines) is 1. The van der Waals surface area contributed by atoms with E-state index in [1.165, 1.54) is 25.6 Å². The van der Waals surface area contributed by atoms with Gasteiger partial charge in [0.15, 0.2) is 39.5 Å². The van der Waals surface area contributed by atoms with Crippen LogP contribution in [0.1, 0.15) is 55.0 Å². The summed E-state index contributed by atoms with van der Waals surface area (Å²) in [5.41, 5.74) is 4.31. The first-order chi connectivity index (χ1) is 25.1. The average molecular weight is 816 g/mol. The molecule has 2 fully saturated rings. The Balaban J connectivity index is 0.00000561. The van der Waals surface area contributed by atoms with Crippen molar-refractivity contribution in [2.75, 3.05) is 44.2 Å². The third kappa shape index (κ3) is 8.21. The molecule has 0 bridgehead atoms. The Kier molecular flexibility index (Phi) is 12.6. The van der Waals surface area contributed by atoms with Crippen molar-refractivity contribution >= 4 is 74.8 Å². The van der Waals surface area contributed by atoms with Crippen molar-refractivity contribution in [3.63, 3.8) is 0 Å². The number of nitrogen functional groups attached to an aromatic ring is 1. The number of phenolic OH excluding ortho intramolecular Hbond substituents is 2. The third-order valence-electron chi connectivity index (χ3n) is 9.32. The largest absolute Gasteiger partial charge is 1.00 e. The summed E-state index contributed by atoms with van der Waals surface area (Å²) in [6, 6.07) is 2.12. The maximum Gasteiger partial charge on any atom is 1.00 e. The number of aromatic hydroxyl groups is 2. The van der Waals surface area contributed by atoms with Crippen LogP contribution in [0.4, 0.5) is 9.52 Å². The molecule has 6 rings (SSSR count). The van der Waals surface area contributed by atoms with Crippen LogP contribution in [0.25, 0.3) is 5.70 Å². The molecule has 2 aromatic heterocycles. The predicted molar refractivity (Wildman–Crippen MR) is 187 cm³/mol. The summed E-state index contributed by atoms with van der Waals surface area (Å²) >= 11 is 8.61. The quantitative estimate of drug-likeness (QED) is 0.0285. The van der Waals surface area contributed by atoms with Gasteiger partial charge in [-0.15, -0.1) is 22.0 Å². The number of fused-ring (bicyclic) bond motifs is 1. The fourth-order valence-corrected chi connectivity index (χ4v) is 8.83. The number of quaternary nitrogens is 1. The van der Waals surface area contributed by atoms with Gasteiger partial charge in [-0.05, 0) is 31.2 Å². The second-order valence-electron chi connectivity index (χ2n) is 13.3. The first kappa shape index (κ1) is 41.3. The maximum absolute atomic E-state index is 14.4. The van der Waals surface area contributed by atoms with E-state index in [4.69, 9.17) is 22.2 Å². The van der Waals surface area contributed by atoms with Crippen molar-refractivity contribution < 1.29 is 77.8 Å². The number of thioether (sulfide) groups is 1. The Morgan fingerprint density at radius 3 is 2.63 bits per heavy atom.